The van der Waals surface area contributed by atoms with Crippen LogP contribution in [0.1, 0.15) is 7.43 Å². The van der Waals surface area contributed by atoms with E-state index in [1.807, 2.05) is 12.1 Å². The summed E-state index contributed by atoms with van der Waals surface area (Å²) in [6.07, 6.45) is 6.84. The maximum absolute atomic E-state index is 11.2. The first-order chi connectivity index (χ1) is 14.0. The van der Waals surface area contributed by atoms with E-state index in [0.29, 0.717) is 0 Å². The lowest BCUT2D eigenvalue weighted by molar-refractivity contribution is -0.126. The van der Waals surface area contributed by atoms with Crippen molar-refractivity contribution in [2.45, 2.75) is 7.43 Å². The molecule has 2 aromatic rings. The fourth-order valence-electron chi connectivity index (χ4n) is 2.63. The van der Waals surface area contributed by atoms with E-state index in [-0.39, 0.29) is 43.5 Å². The van der Waals surface area contributed by atoms with Gasteiger partial charge < -0.3 is 20.9 Å². The molecule has 0 spiro atoms. The normalized spacial score (nSPS) is 14.4. The molecule has 4 rings (SSSR count). The first-order valence-electron chi connectivity index (χ1n) is 9.39. The van der Waals surface area contributed by atoms with Gasteiger partial charge in [-0.15, -0.1) is 12.4 Å². The average molecular weight is 471 g/mol. The highest BCUT2D eigenvalue weighted by molar-refractivity contribution is 6.30. The minimum atomic E-state index is 0. The summed E-state index contributed by atoms with van der Waals surface area (Å²) in [5, 5.41) is 9.00. The molecule has 0 unspecified atom stereocenters. The van der Waals surface area contributed by atoms with Crippen LogP contribution in [0.15, 0.2) is 49.1 Å². The summed E-state index contributed by atoms with van der Waals surface area (Å²) in [4.78, 5) is 31.7. The Morgan fingerprint density at radius 1 is 0.935 bits per heavy atom. The number of anilines is 1. The van der Waals surface area contributed by atoms with Crippen LogP contribution in [0.3, 0.4) is 0 Å². The molecule has 2 aromatic heterocycles. The molecule has 0 radical (unpaired) electrons. The number of hydrogen-bond donors (Lipinski definition) is 3. The lowest BCUT2D eigenvalue weighted by atomic mass is 9.98. The van der Waals surface area contributed by atoms with Crippen molar-refractivity contribution >= 4 is 41.5 Å². The molecular formula is C21H32Cl2N6O2. The van der Waals surface area contributed by atoms with Gasteiger partial charge in [-0.3, -0.25) is 19.6 Å². The third-order valence-electron chi connectivity index (χ3n) is 4.56. The summed E-state index contributed by atoms with van der Waals surface area (Å²) in [5.74, 6) is 0.673. The van der Waals surface area contributed by atoms with Crippen LogP contribution in [-0.2, 0) is 9.59 Å². The molecule has 10 heteroatoms. The van der Waals surface area contributed by atoms with Crippen LogP contribution in [0.25, 0.3) is 0 Å². The molecule has 2 fully saturated rings. The molecule has 172 valence electrons. The zero-order valence-electron chi connectivity index (χ0n) is 17.0. The highest BCUT2D eigenvalue weighted by Gasteiger charge is 2.31. The quantitative estimate of drug-likeness (QED) is 0.634. The number of carbonyl (C=O) groups is 2. The molecule has 2 amide bonds. The van der Waals surface area contributed by atoms with Crippen molar-refractivity contribution in [3.63, 3.8) is 0 Å². The van der Waals surface area contributed by atoms with Gasteiger partial charge in [0.25, 0.3) is 0 Å². The molecule has 2 saturated heterocycles. The van der Waals surface area contributed by atoms with Crippen LogP contribution < -0.4 is 20.9 Å². The van der Waals surface area contributed by atoms with Crippen LogP contribution in [0.2, 0.25) is 5.02 Å². The number of carbonyl (C=O) groups excluding carboxylic acids is 2. The maximum Gasteiger partial charge on any atom is 0.226 e. The Morgan fingerprint density at radius 3 is 1.71 bits per heavy atom. The third kappa shape index (κ3) is 9.50. The number of hydrogen-bond acceptors (Lipinski definition) is 6. The second kappa shape index (κ2) is 15.4. The Bertz CT molecular complexity index is 757. The van der Waals surface area contributed by atoms with Crippen LogP contribution in [0, 0.1) is 11.8 Å². The molecule has 8 nitrogen and oxygen atoms in total. The number of amides is 2. The fraction of sp³-hybridized carbons (Fsp3) is 0.429. The summed E-state index contributed by atoms with van der Waals surface area (Å²) in [5.41, 5.74) is 1.14. The Kier molecular flexibility index (Phi) is 14.2. The van der Waals surface area contributed by atoms with E-state index in [9.17, 15) is 9.59 Å². The first kappa shape index (κ1) is 28.6. The summed E-state index contributed by atoms with van der Waals surface area (Å²) in [6, 6.07) is 7.39. The van der Waals surface area contributed by atoms with E-state index in [1.165, 1.54) is 0 Å². The predicted octanol–water partition coefficient (Wildman–Crippen LogP) is 2.01. The van der Waals surface area contributed by atoms with Crippen molar-refractivity contribution in [1.82, 2.24) is 25.9 Å². The fourth-order valence-corrected chi connectivity index (χ4v) is 2.74. The first-order valence-corrected chi connectivity index (χ1v) is 9.77. The van der Waals surface area contributed by atoms with Gasteiger partial charge in [0.1, 0.15) is 0 Å². The molecule has 3 N–H and O–H groups in total. The Balaban J connectivity index is 0.000000457. The van der Waals surface area contributed by atoms with Gasteiger partial charge in [0.05, 0.1) is 11.8 Å². The van der Waals surface area contributed by atoms with Gasteiger partial charge in [-0.1, -0.05) is 19.0 Å². The monoisotopic (exact) mass is 470 g/mol. The van der Waals surface area contributed by atoms with Crippen molar-refractivity contribution in [3.8, 4) is 0 Å². The van der Waals surface area contributed by atoms with Gasteiger partial charge in [0, 0.05) is 75.8 Å². The average Bonchev–Trinajstić information content (AvgIpc) is 2.67. The molecule has 0 bridgehead atoms. The van der Waals surface area contributed by atoms with Gasteiger partial charge in [-0.25, -0.2) is 0 Å². The van der Waals surface area contributed by atoms with Crippen LogP contribution >= 0.6 is 24.0 Å². The van der Waals surface area contributed by atoms with E-state index in [1.54, 1.807) is 51.0 Å². The van der Waals surface area contributed by atoms with Crippen LogP contribution in [-0.4, -0.2) is 62.1 Å². The molecular weight excluding hydrogens is 439 g/mol. The number of nitrogens with zero attached hydrogens (tertiary/aromatic N) is 3. The Morgan fingerprint density at radius 2 is 1.39 bits per heavy atom. The van der Waals surface area contributed by atoms with Crippen molar-refractivity contribution in [3.05, 3.63) is 54.1 Å². The lowest BCUT2D eigenvalue weighted by Crippen LogP contribution is -2.53. The Hall–Kier alpha value is -2.42. The second-order valence-corrected chi connectivity index (χ2v) is 6.99. The van der Waals surface area contributed by atoms with E-state index in [0.717, 1.165) is 36.9 Å². The predicted molar refractivity (Wildman–Crippen MR) is 128 cm³/mol. The van der Waals surface area contributed by atoms with Gasteiger partial charge >= 0.3 is 0 Å². The molecule has 31 heavy (non-hydrogen) atoms. The number of pyridine rings is 2. The van der Waals surface area contributed by atoms with E-state index in [4.69, 9.17) is 11.6 Å². The summed E-state index contributed by atoms with van der Waals surface area (Å²) >= 11 is 5.50. The minimum Gasteiger partial charge on any atom is -0.370 e. The largest absolute Gasteiger partial charge is 0.370 e. The smallest absolute Gasteiger partial charge is 0.226 e. The Labute approximate surface area is 195 Å². The van der Waals surface area contributed by atoms with Gasteiger partial charge in [0.15, 0.2) is 0 Å². The maximum atomic E-state index is 11.2. The van der Waals surface area contributed by atoms with E-state index < -0.39 is 0 Å². The molecule has 0 aliphatic carbocycles. The highest BCUT2D eigenvalue weighted by atomic mass is 35.5. The van der Waals surface area contributed by atoms with Gasteiger partial charge in [-0.05, 0) is 24.3 Å². The molecule has 2 aliphatic heterocycles. The molecule has 0 atom stereocenters. The van der Waals surface area contributed by atoms with Crippen molar-refractivity contribution in [1.29, 1.82) is 0 Å². The number of halogens is 2. The SMILES string of the molecule is C.CNC(=O)C1CN(c2ccncc2)C1.CNC(=O)C1CNC1.Cl.Clc1ccncc1. The van der Waals surface area contributed by atoms with Crippen LogP contribution in [0.5, 0.6) is 0 Å². The molecule has 4 heterocycles. The van der Waals surface area contributed by atoms with E-state index in [2.05, 4.69) is 30.8 Å². The second-order valence-electron chi connectivity index (χ2n) is 6.56. The highest BCUT2D eigenvalue weighted by Crippen LogP contribution is 2.23. The van der Waals surface area contributed by atoms with E-state index >= 15 is 0 Å². The van der Waals surface area contributed by atoms with Crippen molar-refractivity contribution < 1.29 is 9.59 Å². The molecule has 2 aliphatic rings. The standard InChI is InChI=1S/C10H13N3O.C5H4ClN.C5H10N2O.CH4.ClH/c1-11-10(14)8-6-13(7-8)9-2-4-12-5-3-9;6-5-1-3-7-4-2-5;1-6-5(8)4-2-7-3-4;;/h2-5,8H,6-7H2,1H3,(H,11,14);1-4H;4,7H,2-3H2,1H3,(H,6,8);1H4;1H. The zero-order chi connectivity index (χ0) is 21.1. The number of rotatable bonds is 3. The lowest BCUT2D eigenvalue weighted by Gasteiger charge is -2.39. The third-order valence-corrected chi connectivity index (χ3v) is 4.82. The van der Waals surface area contributed by atoms with Crippen molar-refractivity contribution in [2.75, 3.05) is 45.2 Å². The molecule has 0 aromatic carbocycles. The minimum absolute atomic E-state index is 0. The van der Waals surface area contributed by atoms with Crippen LogP contribution in [0.4, 0.5) is 5.69 Å². The summed E-state index contributed by atoms with van der Waals surface area (Å²) in [7, 11) is 3.35. The number of aromatic nitrogens is 2. The number of nitrogens with one attached hydrogen (secondary N) is 3. The molecule has 0 saturated carbocycles. The van der Waals surface area contributed by atoms with Gasteiger partial charge in [0.2, 0.25) is 11.8 Å². The summed E-state index contributed by atoms with van der Waals surface area (Å²) in [6.45, 7) is 3.31. The topological polar surface area (TPSA) is 99.3 Å². The zero-order valence-corrected chi connectivity index (χ0v) is 18.6. The summed E-state index contributed by atoms with van der Waals surface area (Å²) < 4.78 is 0. The van der Waals surface area contributed by atoms with Gasteiger partial charge in [-0.2, -0.15) is 0 Å². The van der Waals surface area contributed by atoms with Crippen molar-refractivity contribution in [2.24, 2.45) is 11.8 Å².